The molecule has 18 heavy (non-hydrogen) atoms. The molecule has 1 aliphatic heterocycles. The molecule has 1 N–H and O–H groups in total. The third-order valence-electron chi connectivity index (χ3n) is 2.70. The number of nitrogens with one attached hydrogen (secondary N) is 1. The quantitative estimate of drug-likeness (QED) is 0.716. The first-order valence-electron chi connectivity index (χ1n) is 5.77. The zero-order chi connectivity index (χ0) is 12.5. The number of rotatable bonds is 2. The van der Waals surface area contributed by atoms with Gasteiger partial charge in [-0.1, -0.05) is 23.4 Å². The standard InChI is InChI=1S/C14H12ClNOS/c1-2-17-10-4-6-12-14(8-10)18-13-7-9(15)3-5-11(13)16-12/h3-8,16H,2H2,1H3. The average molecular weight is 278 g/mol. The van der Waals surface area contributed by atoms with E-state index in [2.05, 4.69) is 11.4 Å². The van der Waals surface area contributed by atoms with Gasteiger partial charge in [0.2, 0.25) is 0 Å². The van der Waals surface area contributed by atoms with Crippen LogP contribution in [0.25, 0.3) is 0 Å². The Morgan fingerprint density at radius 1 is 1.11 bits per heavy atom. The molecule has 2 aromatic carbocycles. The molecule has 0 radical (unpaired) electrons. The topological polar surface area (TPSA) is 21.3 Å². The maximum Gasteiger partial charge on any atom is 0.120 e. The highest BCUT2D eigenvalue weighted by molar-refractivity contribution is 7.99. The van der Waals surface area contributed by atoms with Gasteiger partial charge >= 0.3 is 0 Å². The molecule has 3 rings (SSSR count). The third-order valence-corrected chi connectivity index (χ3v) is 4.05. The highest BCUT2D eigenvalue weighted by atomic mass is 35.5. The summed E-state index contributed by atoms with van der Waals surface area (Å²) in [7, 11) is 0. The lowest BCUT2D eigenvalue weighted by Crippen LogP contribution is -2.00. The van der Waals surface area contributed by atoms with Gasteiger partial charge in [-0.3, -0.25) is 0 Å². The van der Waals surface area contributed by atoms with Gasteiger partial charge in [-0.05, 0) is 43.3 Å². The fourth-order valence-corrected chi connectivity index (χ4v) is 3.19. The maximum atomic E-state index is 6.02. The molecule has 2 nitrogen and oxygen atoms in total. The minimum atomic E-state index is 0.680. The molecule has 2 aromatic rings. The molecule has 0 saturated heterocycles. The predicted octanol–water partition coefficient (Wildman–Crippen LogP) is 4.95. The summed E-state index contributed by atoms with van der Waals surface area (Å²) in [5.74, 6) is 0.899. The highest BCUT2D eigenvalue weighted by Gasteiger charge is 2.16. The van der Waals surface area contributed by atoms with Crippen molar-refractivity contribution < 1.29 is 4.74 Å². The van der Waals surface area contributed by atoms with Crippen molar-refractivity contribution in [3.8, 4) is 5.75 Å². The predicted molar refractivity (Wildman–Crippen MR) is 76.5 cm³/mol. The van der Waals surface area contributed by atoms with Crippen LogP contribution in [-0.4, -0.2) is 6.61 Å². The van der Waals surface area contributed by atoms with Crippen LogP contribution in [0.5, 0.6) is 5.75 Å². The van der Waals surface area contributed by atoms with Gasteiger partial charge in [-0.25, -0.2) is 0 Å². The fourth-order valence-electron chi connectivity index (χ4n) is 1.89. The first-order valence-corrected chi connectivity index (χ1v) is 6.97. The van der Waals surface area contributed by atoms with E-state index in [9.17, 15) is 0 Å². The van der Waals surface area contributed by atoms with Gasteiger partial charge in [0.25, 0.3) is 0 Å². The number of ether oxygens (including phenoxy) is 1. The van der Waals surface area contributed by atoms with Crippen LogP contribution in [0.3, 0.4) is 0 Å². The second-order valence-electron chi connectivity index (χ2n) is 3.96. The maximum absolute atomic E-state index is 6.02. The van der Waals surface area contributed by atoms with Crippen LogP contribution in [0.15, 0.2) is 46.2 Å². The summed E-state index contributed by atoms with van der Waals surface area (Å²) in [6.45, 7) is 2.67. The van der Waals surface area contributed by atoms with E-state index >= 15 is 0 Å². The largest absolute Gasteiger partial charge is 0.494 e. The average Bonchev–Trinajstić information content (AvgIpc) is 2.36. The van der Waals surface area contributed by atoms with E-state index in [1.54, 1.807) is 11.8 Å². The van der Waals surface area contributed by atoms with Crippen LogP contribution < -0.4 is 10.1 Å². The second kappa shape index (κ2) is 4.75. The first kappa shape index (κ1) is 11.8. The van der Waals surface area contributed by atoms with E-state index in [4.69, 9.17) is 16.3 Å². The Kier molecular flexibility index (Phi) is 3.10. The number of anilines is 2. The Labute approximate surface area is 115 Å². The van der Waals surface area contributed by atoms with E-state index in [0.717, 1.165) is 31.9 Å². The van der Waals surface area contributed by atoms with Gasteiger partial charge < -0.3 is 10.1 Å². The van der Waals surface area contributed by atoms with E-state index < -0.39 is 0 Å². The summed E-state index contributed by atoms with van der Waals surface area (Å²) in [5.41, 5.74) is 2.21. The first-order chi connectivity index (χ1) is 8.76. The van der Waals surface area contributed by atoms with E-state index in [-0.39, 0.29) is 0 Å². The van der Waals surface area contributed by atoms with E-state index in [1.165, 1.54) is 0 Å². The Morgan fingerprint density at radius 2 is 1.83 bits per heavy atom. The molecule has 92 valence electrons. The minimum Gasteiger partial charge on any atom is -0.494 e. The summed E-state index contributed by atoms with van der Waals surface area (Å²) in [6, 6.07) is 12.0. The minimum absolute atomic E-state index is 0.680. The second-order valence-corrected chi connectivity index (χ2v) is 5.48. The number of hydrogen-bond donors (Lipinski definition) is 1. The third kappa shape index (κ3) is 2.16. The summed E-state index contributed by atoms with van der Waals surface area (Å²) >= 11 is 7.73. The van der Waals surface area contributed by atoms with Crippen molar-refractivity contribution in [3.05, 3.63) is 41.4 Å². The number of halogens is 1. The van der Waals surface area contributed by atoms with Gasteiger partial charge in [0.15, 0.2) is 0 Å². The Balaban J connectivity index is 1.98. The number of hydrogen-bond acceptors (Lipinski definition) is 3. The van der Waals surface area contributed by atoms with E-state index in [0.29, 0.717) is 6.61 Å². The number of benzene rings is 2. The zero-order valence-corrected chi connectivity index (χ0v) is 11.4. The van der Waals surface area contributed by atoms with E-state index in [1.807, 2.05) is 37.3 Å². The van der Waals surface area contributed by atoms with Gasteiger partial charge in [-0.15, -0.1) is 0 Å². The Bertz CT molecular complexity index is 600. The molecule has 4 heteroatoms. The summed E-state index contributed by atoms with van der Waals surface area (Å²) < 4.78 is 5.52. The molecule has 0 saturated carbocycles. The lowest BCUT2D eigenvalue weighted by atomic mass is 10.2. The van der Waals surface area contributed by atoms with Gasteiger partial charge in [0.1, 0.15) is 5.75 Å². The molecule has 0 unspecified atom stereocenters. The Hall–Kier alpha value is -1.32. The van der Waals surface area contributed by atoms with Crippen LogP contribution in [0.1, 0.15) is 6.92 Å². The number of fused-ring (bicyclic) bond motifs is 2. The van der Waals surface area contributed by atoms with Crippen LogP contribution in [-0.2, 0) is 0 Å². The van der Waals surface area contributed by atoms with Crippen molar-refractivity contribution in [1.82, 2.24) is 0 Å². The van der Waals surface area contributed by atoms with Crippen molar-refractivity contribution >= 4 is 34.7 Å². The van der Waals surface area contributed by atoms with Crippen LogP contribution in [0, 0.1) is 0 Å². The van der Waals surface area contributed by atoms with Crippen molar-refractivity contribution in [2.75, 3.05) is 11.9 Å². The van der Waals surface area contributed by atoms with Crippen molar-refractivity contribution in [2.45, 2.75) is 16.7 Å². The molecule has 0 aromatic heterocycles. The molecule has 0 atom stereocenters. The molecule has 0 bridgehead atoms. The molecule has 1 heterocycles. The van der Waals surface area contributed by atoms with Crippen LogP contribution in [0.2, 0.25) is 5.02 Å². The molecular formula is C14H12ClNOS. The lowest BCUT2D eigenvalue weighted by molar-refractivity contribution is 0.339. The molecule has 0 aliphatic carbocycles. The van der Waals surface area contributed by atoms with Crippen LogP contribution in [0.4, 0.5) is 11.4 Å². The molecule has 1 aliphatic rings. The summed E-state index contributed by atoms with van der Waals surface area (Å²) in [4.78, 5) is 2.30. The summed E-state index contributed by atoms with van der Waals surface area (Å²) in [5, 5.41) is 4.16. The van der Waals surface area contributed by atoms with Crippen molar-refractivity contribution in [1.29, 1.82) is 0 Å². The molecule has 0 spiro atoms. The van der Waals surface area contributed by atoms with Gasteiger partial charge in [-0.2, -0.15) is 0 Å². The fraction of sp³-hybridized carbons (Fsp3) is 0.143. The normalized spacial score (nSPS) is 12.3. The zero-order valence-electron chi connectivity index (χ0n) is 9.87. The monoisotopic (exact) mass is 277 g/mol. The van der Waals surface area contributed by atoms with Gasteiger partial charge in [0.05, 0.1) is 18.0 Å². The molecular weight excluding hydrogens is 266 g/mol. The smallest absolute Gasteiger partial charge is 0.120 e. The molecule has 0 fully saturated rings. The van der Waals surface area contributed by atoms with Gasteiger partial charge in [0, 0.05) is 14.8 Å². The van der Waals surface area contributed by atoms with Crippen LogP contribution >= 0.6 is 23.4 Å². The Morgan fingerprint density at radius 3 is 2.61 bits per heavy atom. The highest BCUT2D eigenvalue weighted by Crippen LogP contribution is 2.46. The lowest BCUT2D eigenvalue weighted by Gasteiger charge is -2.21. The SMILES string of the molecule is CCOc1ccc2c(c1)Sc1cc(Cl)ccc1N2. The molecule has 0 amide bonds. The van der Waals surface area contributed by atoms with Crippen molar-refractivity contribution in [3.63, 3.8) is 0 Å². The van der Waals surface area contributed by atoms with Crippen molar-refractivity contribution in [2.24, 2.45) is 0 Å². The summed E-state index contributed by atoms with van der Waals surface area (Å²) in [6.07, 6.45) is 0.